The quantitative estimate of drug-likeness (QED) is 0.257. The average molecular weight is 467 g/mol. The van der Waals surface area contributed by atoms with Gasteiger partial charge in [-0.15, -0.1) is 0 Å². The molecule has 0 bridgehead atoms. The fraction of sp³-hybridized carbons (Fsp3) is 0.0714. The number of carbonyl (C=O) groups is 2. The van der Waals surface area contributed by atoms with Gasteiger partial charge in [0.1, 0.15) is 5.75 Å². The number of fused-ring (bicyclic) bond motifs is 2. The van der Waals surface area contributed by atoms with Crippen LogP contribution in [-0.4, -0.2) is 26.0 Å². The van der Waals surface area contributed by atoms with E-state index in [0.717, 1.165) is 26.9 Å². The minimum Gasteiger partial charge on any atom is -0.423 e. The number of ether oxygens (including phenoxy) is 1. The molecule has 0 unspecified atom stereocenters. The topological polar surface area (TPSA) is 49.9 Å². The largest absolute Gasteiger partial charge is 0.423 e. The summed E-state index contributed by atoms with van der Waals surface area (Å²) < 4.78 is 5.63. The Bertz CT molecular complexity index is 1370. The van der Waals surface area contributed by atoms with Gasteiger partial charge in [-0.2, -0.15) is 0 Å². The van der Waals surface area contributed by atoms with Crippen LogP contribution in [0, 0.1) is 0 Å². The Hall–Kier alpha value is -4.03. The molecule has 0 saturated carbocycles. The molecule has 1 heterocycles. The van der Waals surface area contributed by atoms with E-state index >= 15 is 0 Å². The standard InChI is InChI=1S/C28H22N2O3S/c1-29(2)21-13-15-23-25(17-21)34-26-18-22(33-28(32)20-11-7-4-8-12-20)14-16-24(26)30(23)27(31)19-9-5-3-6-10-19/h3-18H,1-2H3. The molecule has 0 saturated heterocycles. The fourth-order valence-electron chi connectivity index (χ4n) is 3.79. The van der Waals surface area contributed by atoms with Crippen LogP contribution in [0.3, 0.4) is 0 Å². The van der Waals surface area contributed by atoms with Crippen molar-refractivity contribution in [2.45, 2.75) is 9.79 Å². The summed E-state index contributed by atoms with van der Waals surface area (Å²) in [6, 6.07) is 29.5. The normalized spacial score (nSPS) is 11.9. The van der Waals surface area contributed by atoms with Gasteiger partial charge in [-0.25, -0.2) is 4.79 Å². The predicted molar refractivity (Wildman–Crippen MR) is 136 cm³/mol. The first-order valence-electron chi connectivity index (χ1n) is 10.8. The molecule has 0 aromatic heterocycles. The van der Waals surface area contributed by atoms with Crippen LogP contribution in [-0.2, 0) is 0 Å². The third kappa shape index (κ3) is 4.16. The molecular formula is C28H22N2O3S. The van der Waals surface area contributed by atoms with E-state index < -0.39 is 5.97 Å². The molecule has 0 aliphatic carbocycles. The number of anilines is 3. The first-order valence-corrected chi connectivity index (χ1v) is 11.6. The Balaban J connectivity index is 1.55. The Labute approximate surface area is 202 Å². The first kappa shape index (κ1) is 21.8. The van der Waals surface area contributed by atoms with Crippen LogP contribution in [0.5, 0.6) is 5.75 Å². The van der Waals surface area contributed by atoms with Crippen molar-refractivity contribution in [3.63, 3.8) is 0 Å². The van der Waals surface area contributed by atoms with Crippen molar-refractivity contribution >= 4 is 40.7 Å². The second kappa shape index (κ2) is 9.08. The van der Waals surface area contributed by atoms with E-state index in [4.69, 9.17) is 4.74 Å². The van der Waals surface area contributed by atoms with Gasteiger partial charge < -0.3 is 9.64 Å². The molecule has 0 radical (unpaired) electrons. The van der Waals surface area contributed by atoms with E-state index in [-0.39, 0.29) is 5.91 Å². The summed E-state index contributed by atoms with van der Waals surface area (Å²) in [5.41, 5.74) is 3.69. The zero-order valence-electron chi connectivity index (χ0n) is 18.8. The molecule has 34 heavy (non-hydrogen) atoms. The van der Waals surface area contributed by atoms with Crippen LogP contribution < -0.4 is 14.5 Å². The summed E-state index contributed by atoms with van der Waals surface area (Å²) in [5.74, 6) is -0.108. The van der Waals surface area contributed by atoms with Gasteiger partial charge >= 0.3 is 5.97 Å². The summed E-state index contributed by atoms with van der Waals surface area (Å²) in [5, 5.41) is 0. The van der Waals surface area contributed by atoms with E-state index in [2.05, 4.69) is 6.07 Å². The molecule has 1 aliphatic rings. The van der Waals surface area contributed by atoms with Crippen LogP contribution in [0.25, 0.3) is 0 Å². The minimum atomic E-state index is -0.422. The van der Waals surface area contributed by atoms with Crippen LogP contribution in [0.2, 0.25) is 0 Å². The van der Waals surface area contributed by atoms with Crippen LogP contribution >= 0.6 is 11.8 Å². The molecule has 0 fully saturated rings. The maximum atomic E-state index is 13.6. The summed E-state index contributed by atoms with van der Waals surface area (Å²) >= 11 is 1.56. The Kier molecular flexibility index (Phi) is 5.82. The summed E-state index contributed by atoms with van der Waals surface area (Å²) in [4.78, 5) is 31.7. The monoisotopic (exact) mass is 466 g/mol. The number of benzene rings is 4. The molecule has 0 N–H and O–H groups in total. The summed E-state index contributed by atoms with van der Waals surface area (Å²) in [6.07, 6.45) is 0. The number of esters is 1. The lowest BCUT2D eigenvalue weighted by molar-refractivity contribution is 0.0734. The van der Waals surface area contributed by atoms with Gasteiger partial charge in [-0.05, 0) is 60.7 Å². The molecule has 0 spiro atoms. The van der Waals surface area contributed by atoms with Crippen molar-refractivity contribution in [3.8, 4) is 5.75 Å². The van der Waals surface area contributed by atoms with Crippen LogP contribution in [0.4, 0.5) is 17.1 Å². The highest BCUT2D eigenvalue weighted by atomic mass is 32.2. The van der Waals surface area contributed by atoms with Gasteiger partial charge in [0.05, 0.1) is 16.9 Å². The van der Waals surface area contributed by atoms with E-state index in [1.165, 1.54) is 0 Å². The Morgan fingerprint density at radius 2 is 1.32 bits per heavy atom. The molecule has 1 amide bonds. The lowest BCUT2D eigenvalue weighted by atomic mass is 10.1. The van der Waals surface area contributed by atoms with E-state index in [0.29, 0.717) is 16.9 Å². The molecule has 5 rings (SSSR count). The maximum absolute atomic E-state index is 13.6. The summed E-state index contributed by atoms with van der Waals surface area (Å²) in [7, 11) is 3.97. The average Bonchev–Trinajstić information content (AvgIpc) is 2.87. The van der Waals surface area contributed by atoms with Crippen molar-refractivity contribution < 1.29 is 14.3 Å². The minimum absolute atomic E-state index is 0.116. The second-order valence-electron chi connectivity index (χ2n) is 8.04. The Morgan fingerprint density at radius 1 is 0.735 bits per heavy atom. The van der Waals surface area contributed by atoms with Crippen molar-refractivity contribution in [3.05, 3.63) is 108 Å². The number of amides is 1. The predicted octanol–water partition coefficient (Wildman–Crippen LogP) is 6.41. The second-order valence-corrected chi connectivity index (χ2v) is 9.12. The van der Waals surface area contributed by atoms with Crippen molar-refractivity contribution in [1.29, 1.82) is 0 Å². The van der Waals surface area contributed by atoms with Gasteiger partial charge in [0.25, 0.3) is 5.91 Å². The number of hydrogen-bond donors (Lipinski definition) is 0. The van der Waals surface area contributed by atoms with Gasteiger partial charge in [0, 0.05) is 35.1 Å². The van der Waals surface area contributed by atoms with Gasteiger partial charge in [0.15, 0.2) is 0 Å². The highest BCUT2D eigenvalue weighted by Gasteiger charge is 2.30. The van der Waals surface area contributed by atoms with E-state index in [1.54, 1.807) is 47.0 Å². The molecular weight excluding hydrogens is 444 g/mol. The third-order valence-electron chi connectivity index (χ3n) is 5.54. The molecule has 5 nitrogen and oxygen atoms in total. The number of rotatable bonds is 4. The molecule has 4 aromatic carbocycles. The van der Waals surface area contributed by atoms with Crippen molar-refractivity contribution in [2.75, 3.05) is 23.9 Å². The molecule has 0 atom stereocenters. The van der Waals surface area contributed by atoms with Crippen molar-refractivity contribution in [2.24, 2.45) is 0 Å². The zero-order chi connectivity index (χ0) is 23.7. The highest BCUT2D eigenvalue weighted by Crippen LogP contribution is 2.50. The fourth-order valence-corrected chi connectivity index (χ4v) is 4.91. The first-order chi connectivity index (χ1) is 16.5. The third-order valence-corrected chi connectivity index (χ3v) is 6.63. The summed E-state index contributed by atoms with van der Waals surface area (Å²) in [6.45, 7) is 0. The highest BCUT2D eigenvalue weighted by molar-refractivity contribution is 7.99. The van der Waals surface area contributed by atoms with Gasteiger partial charge in [0.2, 0.25) is 0 Å². The molecule has 6 heteroatoms. The number of hydrogen-bond acceptors (Lipinski definition) is 5. The maximum Gasteiger partial charge on any atom is 0.343 e. The van der Waals surface area contributed by atoms with Crippen LogP contribution in [0.1, 0.15) is 20.7 Å². The van der Waals surface area contributed by atoms with Crippen molar-refractivity contribution in [1.82, 2.24) is 0 Å². The number of carbonyl (C=O) groups excluding carboxylic acids is 2. The zero-order valence-corrected chi connectivity index (χ0v) is 19.6. The lowest BCUT2D eigenvalue weighted by Crippen LogP contribution is -2.28. The Morgan fingerprint density at radius 3 is 1.97 bits per heavy atom. The van der Waals surface area contributed by atoms with Gasteiger partial charge in [-0.3, -0.25) is 9.69 Å². The van der Waals surface area contributed by atoms with E-state index in [9.17, 15) is 9.59 Å². The molecule has 168 valence electrons. The van der Waals surface area contributed by atoms with Gasteiger partial charge in [-0.1, -0.05) is 48.2 Å². The number of nitrogens with zero attached hydrogens (tertiary/aromatic N) is 2. The molecule has 1 aliphatic heterocycles. The smallest absolute Gasteiger partial charge is 0.343 e. The lowest BCUT2D eigenvalue weighted by Gasteiger charge is -2.32. The van der Waals surface area contributed by atoms with E-state index in [1.807, 2.05) is 79.7 Å². The molecule has 4 aromatic rings. The SMILES string of the molecule is CN(C)c1ccc2c(c1)Sc1cc(OC(=O)c3ccccc3)ccc1N2C(=O)c1ccccc1. The van der Waals surface area contributed by atoms with Crippen LogP contribution in [0.15, 0.2) is 107 Å².